The molecular formula is C17H19Cl4NO4. The Hall–Kier alpha value is -1.50. The van der Waals surface area contributed by atoms with Crippen molar-refractivity contribution in [2.24, 2.45) is 0 Å². The van der Waals surface area contributed by atoms with Crippen LogP contribution < -0.4 is 5.73 Å². The SMILES string of the molecule is CC(=O)Cc1cc(Cl)ccc1Cl.CC(=O)O.Nc1cc(Cl)ccc1Cl.O. The summed E-state index contributed by atoms with van der Waals surface area (Å²) in [5.41, 5.74) is 6.71. The molecule has 0 saturated heterocycles. The molecule has 0 aliphatic carbocycles. The monoisotopic (exact) mass is 441 g/mol. The highest BCUT2D eigenvalue weighted by molar-refractivity contribution is 6.35. The highest BCUT2D eigenvalue weighted by Crippen LogP contribution is 2.22. The van der Waals surface area contributed by atoms with Crippen LogP contribution in [0.15, 0.2) is 36.4 Å². The van der Waals surface area contributed by atoms with Crippen molar-refractivity contribution < 1.29 is 20.2 Å². The topological polar surface area (TPSA) is 112 Å². The zero-order valence-electron chi connectivity index (χ0n) is 14.0. The molecule has 9 heteroatoms. The molecule has 0 heterocycles. The fraction of sp³-hybridized carbons (Fsp3) is 0.176. The Labute approximate surface area is 171 Å². The first kappa shape index (κ1) is 26.7. The maximum atomic E-state index is 10.8. The Bertz CT molecular complexity index is 735. The van der Waals surface area contributed by atoms with Crippen molar-refractivity contribution in [2.75, 3.05) is 5.73 Å². The molecule has 0 fully saturated rings. The first-order valence-corrected chi connectivity index (χ1v) is 8.37. The van der Waals surface area contributed by atoms with Crippen molar-refractivity contribution in [1.29, 1.82) is 0 Å². The highest BCUT2D eigenvalue weighted by Gasteiger charge is 2.03. The van der Waals surface area contributed by atoms with Gasteiger partial charge in [-0.25, -0.2) is 0 Å². The molecule has 5 nitrogen and oxygen atoms in total. The number of halogens is 4. The van der Waals surface area contributed by atoms with Crippen molar-refractivity contribution in [2.45, 2.75) is 20.3 Å². The summed E-state index contributed by atoms with van der Waals surface area (Å²) in [5.74, 6) is -0.751. The van der Waals surface area contributed by atoms with Gasteiger partial charge in [0.25, 0.3) is 5.97 Å². The summed E-state index contributed by atoms with van der Waals surface area (Å²) in [6, 6.07) is 10.1. The number of nitrogen functional groups attached to an aromatic ring is 1. The second-order valence-electron chi connectivity index (χ2n) is 4.80. The Morgan fingerprint density at radius 3 is 1.73 bits per heavy atom. The summed E-state index contributed by atoms with van der Waals surface area (Å²) in [5, 5.41) is 9.77. The average molecular weight is 443 g/mol. The number of aliphatic carboxylic acids is 1. The van der Waals surface area contributed by atoms with Gasteiger partial charge in [-0.3, -0.25) is 9.59 Å². The average Bonchev–Trinajstić information content (AvgIpc) is 2.47. The molecule has 26 heavy (non-hydrogen) atoms. The van der Waals surface area contributed by atoms with E-state index in [1.807, 2.05) is 0 Å². The Balaban J connectivity index is 0. The summed E-state index contributed by atoms with van der Waals surface area (Å²) < 4.78 is 0. The Morgan fingerprint density at radius 2 is 1.35 bits per heavy atom. The molecule has 0 aliphatic rings. The number of nitrogens with two attached hydrogens (primary N) is 1. The number of carboxylic acid groups (broad SMARTS) is 1. The lowest BCUT2D eigenvalue weighted by molar-refractivity contribution is -0.134. The number of Topliss-reactive ketones (excluding diaryl/α,β-unsaturated/α-hetero) is 1. The quantitative estimate of drug-likeness (QED) is 0.639. The first-order chi connectivity index (χ1) is 11.5. The second kappa shape index (κ2) is 13.7. The van der Waals surface area contributed by atoms with E-state index in [1.54, 1.807) is 36.4 Å². The van der Waals surface area contributed by atoms with Gasteiger partial charge in [0.2, 0.25) is 0 Å². The van der Waals surface area contributed by atoms with Gasteiger partial charge in [0, 0.05) is 28.4 Å². The van der Waals surface area contributed by atoms with Gasteiger partial charge in [-0.1, -0.05) is 46.4 Å². The smallest absolute Gasteiger partial charge is 0.300 e. The predicted molar refractivity (Wildman–Crippen MR) is 109 cm³/mol. The largest absolute Gasteiger partial charge is 0.481 e. The normalized spacial score (nSPS) is 8.85. The summed E-state index contributed by atoms with van der Waals surface area (Å²) in [6.45, 7) is 2.61. The van der Waals surface area contributed by atoms with E-state index in [4.69, 9.17) is 62.0 Å². The molecule has 2 rings (SSSR count). The van der Waals surface area contributed by atoms with Gasteiger partial charge in [0.15, 0.2) is 0 Å². The maximum Gasteiger partial charge on any atom is 0.300 e. The third-order valence-electron chi connectivity index (χ3n) is 2.41. The van der Waals surface area contributed by atoms with Crippen molar-refractivity contribution in [1.82, 2.24) is 0 Å². The summed E-state index contributed by atoms with van der Waals surface area (Å²) in [4.78, 5) is 19.8. The van der Waals surface area contributed by atoms with Crippen LogP contribution in [0.3, 0.4) is 0 Å². The van der Waals surface area contributed by atoms with Crippen molar-refractivity contribution in [3.63, 3.8) is 0 Å². The van der Waals surface area contributed by atoms with Crippen LogP contribution in [-0.4, -0.2) is 22.3 Å². The number of rotatable bonds is 2. The first-order valence-electron chi connectivity index (χ1n) is 6.86. The number of carbonyl (C=O) groups excluding carboxylic acids is 1. The van der Waals surface area contributed by atoms with E-state index in [-0.39, 0.29) is 11.3 Å². The van der Waals surface area contributed by atoms with Gasteiger partial charge >= 0.3 is 0 Å². The number of benzene rings is 2. The summed E-state index contributed by atoms with van der Waals surface area (Å²) in [6.07, 6.45) is 0.347. The Morgan fingerprint density at radius 1 is 0.923 bits per heavy atom. The van der Waals surface area contributed by atoms with Gasteiger partial charge in [-0.05, 0) is 48.9 Å². The molecule has 2 aromatic carbocycles. The number of anilines is 1. The van der Waals surface area contributed by atoms with Crippen LogP contribution in [-0.2, 0) is 16.0 Å². The summed E-state index contributed by atoms with van der Waals surface area (Å²) >= 11 is 22.7. The van der Waals surface area contributed by atoms with Gasteiger partial charge in [0.05, 0.1) is 10.7 Å². The van der Waals surface area contributed by atoms with Crippen LogP contribution >= 0.6 is 46.4 Å². The van der Waals surface area contributed by atoms with Crippen LogP contribution in [0.4, 0.5) is 5.69 Å². The molecule has 2 aromatic rings. The highest BCUT2D eigenvalue weighted by atomic mass is 35.5. The predicted octanol–water partition coefficient (Wildman–Crippen LogP) is 4.97. The van der Waals surface area contributed by atoms with E-state index in [9.17, 15) is 4.79 Å². The number of ketones is 1. The second-order valence-corrected chi connectivity index (χ2v) is 6.49. The number of hydrogen-bond donors (Lipinski definition) is 2. The fourth-order valence-electron chi connectivity index (χ4n) is 1.46. The third kappa shape index (κ3) is 12.8. The van der Waals surface area contributed by atoms with Crippen molar-refractivity contribution in [3.05, 3.63) is 62.1 Å². The van der Waals surface area contributed by atoms with Crippen molar-refractivity contribution >= 4 is 63.8 Å². The minimum Gasteiger partial charge on any atom is -0.481 e. The van der Waals surface area contributed by atoms with E-state index in [0.29, 0.717) is 32.2 Å². The van der Waals surface area contributed by atoms with E-state index in [0.717, 1.165) is 12.5 Å². The lowest BCUT2D eigenvalue weighted by Gasteiger charge is -2.01. The van der Waals surface area contributed by atoms with Crippen molar-refractivity contribution in [3.8, 4) is 0 Å². The lowest BCUT2D eigenvalue weighted by Crippen LogP contribution is -1.96. The molecule has 0 saturated carbocycles. The Kier molecular flexibility index (Phi) is 14.1. The van der Waals surface area contributed by atoms with Gasteiger partial charge in [-0.2, -0.15) is 0 Å². The zero-order valence-corrected chi connectivity index (χ0v) is 17.0. The molecule has 0 aromatic heterocycles. The van der Waals surface area contributed by atoms with Gasteiger partial charge in [-0.15, -0.1) is 0 Å². The van der Waals surface area contributed by atoms with E-state index in [1.165, 1.54) is 6.92 Å². The lowest BCUT2D eigenvalue weighted by atomic mass is 10.1. The fourth-order valence-corrected chi connectivity index (χ4v) is 2.14. The van der Waals surface area contributed by atoms with Crippen LogP contribution in [0.25, 0.3) is 0 Å². The van der Waals surface area contributed by atoms with Crippen LogP contribution in [0.2, 0.25) is 20.1 Å². The molecule has 0 spiro atoms. The van der Waals surface area contributed by atoms with Crippen LogP contribution in [0.1, 0.15) is 19.4 Å². The van der Waals surface area contributed by atoms with E-state index >= 15 is 0 Å². The van der Waals surface area contributed by atoms with Crippen LogP contribution in [0, 0.1) is 0 Å². The number of carboxylic acids is 1. The van der Waals surface area contributed by atoms with E-state index in [2.05, 4.69) is 0 Å². The van der Waals surface area contributed by atoms with Gasteiger partial charge < -0.3 is 16.3 Å². The maximum absolute atomic E-state index is 10.8. The summed E-state index contributed by atoms with van der Waals surface area (Å²) in [7, 11) is 0. The molecular weight excluding hydrogens is 424 g/mol. The standard InChI is InChI=1S/C9H8Cl2O.C6H5Cl2N.C2H4O2.H2O/c1-6(12)4-7-5-8(10)2-3-9(7)11;7-4-1-2-5(8)6(9)3-4;1-2(3)4;/h2-3,5H,4H2,1H3;1-3H,9H2;1H3,(H,3,4);1H2. The zero-order chi connectivity index (χ0) is 19.6. The molecule has 0 bridgehead atoms. The molecule has 0 atom stereocenters. The third-order valence-corrected chi connectivity index (χ3v) is 3.59. The molecule has 144 valence electrons. The van der Waals surface area contributed by atoms with Crippen LogP contribution in [0.5, 0.6) is 0 Å². The van der Waals surface area contributed by atoms with E-state index < -0.39 is 5.97 Å². The number of hydrogen-bond acceptors (Lipinski definition) is 3. The minimum absolute atomic E-state index is 0. The molecule has 0 aliphatic heterocycles. The minimum atomic E-state index is -0.833. The van der Waals surface area contributed by atoms with Gasteiger partial charge in [0.1, 0.15) is 5.78 Å². The molecule has 0 unspecified atom stereocenters. The number of carbonyl (C=O) groups is 2. The molecule has 0 radical (unpaired) electrons. The molecule has 5 N–H and O–H groups in total. The molecule has 0 amide bonds.